The van der Waals surface area contributed by atoms with E-state index in [1.54, 1.807) is 12.7 Å². The quantitative estimate of drug-likeness (QED) is 0.686. The van der Waals surface area contributed by atoms with E-state index in [0.717, 1.165) is 61.2 Å². The molecule has 1 aliphatic heterocycles. The average Bonchev–Trinajstić information content (AvgIpc) is 3.25. The van der Waals surface area contributed by atoms with Gasteiger partial charge in [0.1, 0.15) is 12.1 Å². The van der Waals surface area contributed by atoms with Gasteiger partial charge in [0.15, 0.2) is 23.4 Å². The molecule has 8 nitrogen and oxygen atoms in total. The van der Waals surface area contributed by atoms with Crippen LogP contribution in [0.25, 0.3) is 11.2 Å². The van der Waals surface area contributed by atoms with Crippen molar-refractivity contribution >= 4 is 17.0 Å². The third-order valence-corrected chi connectivity index (χ3v) is 5.52. The average molecular weight is 367 g/mol. The van der Waals surface area contributed by atoms with Gasteiger partial charge >= 0.3 is 0 Å². The molecular weight excluding hydrogens is 342 g/mol. The predicted molar refractivity (Wildman–Crippen MR) is 102 cm³/mol. The van der Waals surface area contributed by atoms with E-state index in [-0.39, 0.29) is 0 Å². The van der Waals surface area contributed by atoms with Gasteiger partial charge in [-0.25, -0.2) is 19.9 Å². The van der Waals surface area contributed by atoms with Gasteiger partial charge in [0.25, 0.3) is 0 Å². The minimum Gasteiger partial charge on any atom is -0.448 e. The molecule has 27 heavy (non-hydrogen) atoms. The van der Waals surface area contributed by atoms with Crippen molar-refractivity contribution in [1.82, 2.24) is 29.4 Å². The van der Waals surface area contributed by atoms with E-state index in [9.17, 15) is 0 Å². The Morgan fingerprint density at radius 2 is 1.89 bits per heavy atom. The number of anilines is 1. The van der Waals surface area contributed by atoms with E-state index < -0.39 is 0 Å². The molecule has 142 valence electrons. The molecule has 2 aliphatic rings. The van der Waals surface area contributed by atoms with Crippen molar-refractivity contribution in [3.63, 3.8) is 0 Å². The summed E-state index contributed by atoms with van der Waals surface area (Å²) in [6, 6.07) is 0.576. The Balaban J connectivity index is 1.29. The molecule has 0 atom stereocenters. The summed E-state index contributed by atoms with van der Waals surface area (Å²) in [5.74, 6) is 2.32. The molecule has 0 N–H and O–H groups in total. The molecule has 0 radical (unpaired) electrons. The second kappa shape index (κ2) is 6.60. The van der Waals surface area contributed by atoms with Crippen molar-refractivity contribution in [2.24, 2.45) is 0 Å². The number of hydrogen-bond donors (Lipinski definition) is 0. The van der Waals surface area contributed by atoms with E-state index >= 15 is 0 Å². The maximum absolute atomic E-state index is 5.56. The van der Waals surface area contributed by atoms with Gasteiger partial charge in [-0.15, -0.1) is 0 Å². The Hall–Kier alpha value is -2.48. The molecule has 0 unspecified atom stereocenters. The van der Waals surface area contributed by atoms with E-state index in [0.29, 0.717) is 12.0 Å². The lowest BCUT2D eigenvalue weighted by Gasteiger charge is -2.35. The van der Waals surface area contributed by atoms with Crippen LogP contribution in [-0.4, -0.2) is 55.6 Å². The number of piperazine rings is 1. The lowest BCUT2D eigenvalue weighted by molar-refractivity contribution is 0.245. The Kier molecular flexibility index (Phi) is 4.07. The number of hydrogen-bond acceptors (Lipinski definition) is 7. The van der Waals surface area contributed by atoms with Gasteiger partial charge in [-0.2, -0.15) is 0 Å². The summed E-state index contributed by atoms with van der Waals surface area (Å²) < 4.78 is 7.76. The zero-order chi connectivity index (χ0) is 18.4. The van der Waals surface area contributed by atoms with E-state index in [2.05, 4.69) is 48.2 Å². The summed E-state index contributed by atoms with van der Waals surface area (Å²) in [6.07, 6.45) is 7.62. The van der Waals surface area contributed by atoms with E-state index in [1.165, 1.54) is 12.8 Å². The number of rotatable bonds is 5. The van der Waals surface area contributed by atoms with Gasteiger partial charge in [-0.3, -0.25) is 4.90 Å². The minimum absolute atomic E-state index is 0.361. The maximum atomic E-state index is 5.56. The largest absolute Gasteiger partial charge is 0.448 e. The maximum Gasteiger partial charge on any atom is 0.181 e. The van der Waals surface area contributed by atoms with Crippen LogP contribution >= 0.6 is 0 Å². The molecule has 1 saturated carbocycles. The minimum atomic E-state index is 0.361. The Morgan fingerprint density at radius 3 is 2.63 bits per heavy atom. The fourth-order valence-electron chi connectivity index (χ4n) is 3.89. The number of oxazole rings is 1. The number of aromatic nitrogens is 5. The monoisotopic (exact) mass is 367 g/mol. The predicted octanol–water partition coefficient (Wildman–Crippen LogP) is 2.59. The molecule has 1 aliphatic carbocycles. The summed E-state index contributed by atoms with van der Waals surface area (Å²) in [5, 5.41) is 0. The molecule has 8 heteroatoms. The van der Waals surface area contributed by atoms with Gasteiger partial charge in [-0.05, 0) is 12.8 Å². The van der Waals surface area contributed by atoms with Crippen LogP contribution in [0.1, 0.15) is 50.1 Å². The Labute approximate surface area is 158 Å². The number of fused-ring (bicyclic) bond motifs is 1. The summed E-state index contributed by atoms with van der Waals surface area (Å²) in [4.78, 5) is 22.8. The van der Waals surface area contributed by atoms with Crippen molar-refractivity contribution in [2.45, 2.75) is 45.2 Å². The van der Waals surface area contributed by atoms with Crippen LogP contribution in [0.15, 0.2) is 23.5 Å². The number of imidazole rings is 1. The number of nitrogens with zero attached hydrogens (tertiary/aromatic N) is 7. The first-order valence-corrected chi connectivity index (χ1v) is 9.78. The first-order valence-electron chi connectivity index (χ1n) is 9.78. The van der Waals surface area contributed by atoms with Gasteiger partial charge in [0, 0.05) is 44.7 Å². The molecule has 2 fully saturated rings. The summed E-state index contributed by atoms with van der Waals surface area (Å²) in [6.45, 7) is 8.92. The van der Waals surface area contributed by atoms with Crippen molar-refractivity contribution in [1.29, 1.82) is 0 Å². The normalized spacial score (nSPS) is 18.7. The Bertz CT molecular complexity index is 935. The molecule has 5 rings (SSSR count). The molecular formula is C19H25N7O. The SMILES string of the molecule is CC(C)c1ocnc1CN1CCN(c2ncnc3c2ncn3C2CC2)CC1. The van der Waals surface area contributed by atoms with Crippen LogP contribution in [-0.2, 0) is 6.54 Å². The van der Waals surface area contributed by atoms with E-state index in [1.807, 2.05) is 6.33 Å². The first-order chi connectivity index (χ1) is 13.2. The molecule has 4 heterocycles. The van der Waals surface area contributed by atoms with Crippen LogP contribution < -0.4 is 4.90 Å². The molecule has 0 amide bonds. The lowest BCUT2D eigenvalue weighted by Crippen LogP contribution is -2.46. The fraction of sp³-hybridized carbons (Fsp3) is 0.579. The second-order valence-electron chi connectivity index (χ2n) is 7.83. The zero-order valence-electron chi connectivity index (χ0n) is 15.9. The topological polar surface area (TPSA) is 76.1 Å². The second-order valence-corrected chi connectivity index (χ2v) is 7.83. The highest BCUT2D eigenvalue weighted by Crippen LogP contribution is 2.37. The van der Waals surface area contributed by atoms with E-state index in [4.69, 9.17) is 4.42 Å². The van der Waals surface area contributed by atoms with Crippen LogP contribution in [0.4, 0.5) is 5.82 Å². The fourth-order valence-corrected chi connectivity index (χ4v) is 3.89. The summed E-state index contributed by atoms with van der Waals surface area (Å²) >= 11 is 0. The van der Waals surface area contributed by atoms with Crippen LogP contribution in [0.5, 0.6) is 0 Å². The third kappa shape index (κ3) is 3.07. The first kappa shape index (κ1) is 16.7. The summed E-state index contributed by atoms with van der Waals surface area (Å²) in [7, 11) is 0. The molecule has 1 saturated heterocycles. The standard InChI is InChI=1S/C19H25N7O/c1-13(2)17-15(23-12-27-17)9-24-5-7-25(8-6-24)18-16-19(21-10-20-18)26(11-22-16)14-3-4-14/h10-14H,3-9H2,1-2H3. The lowest BCUT2D eigenvalue weighted by atomic mass is 10.1. The van der Waals surface area contributed by atoms with Crippen molar-refractivity contribution < 1.29 is 4.42 Å². The van der Waals surface area contributed by atoms with Gasteiger partial charge in [0.2, 0.25) is 0 Å². The van der Waals surface area contributed by atoms with Crippen molar-refractivity contribution in [3.8, 4) is 0 Å². The highest BCUT2D eigenvalue weighted by molar-refractivity contribution is 5.83. The molecule has 0 bridgehead atoms. The molecule has 0 aromatic carbocycles. The highest BCUT2D eigenvalue weighted by atomic mass is 16.3. The van der Waals surface area contributed by atoms with Crippen LogP contribution in [0, 0.1) is 0 Å². The molecule has 3 aromatic heterocycles. The van der Waals surface area contributed by atoms with Gasteiger partial charge in [0.05, 0.1) is 12.0 Å². The smallest absolute Gasteiger partial charge is 0.181 e. The van der Waals surface area contributed by atoms with Gasteiger partial charge < -0.3 is 13.9 Å². The van der Waals surface area contributed by atoms with Gasteiger partial charge in [-0.1, -0.05) is 13.8 Å². The molecule has 0 spiro atoms. The van der Waals surface area contributed by atoms with Crippen molar-refractivity contribution in [3.05, 3.63) is 30.5 Å². The van der Waals surface area contributed by atoms with Crippen LogP contribution in [0.3, 0.4) is 0 Å². The van der Waals surface area contributed by atoms with Crippen molar-refractivity contribution in [2.75, 3.05) is 31.1 Å². The molecule has 3 aromatic rings. The highest BCUT2D eigenvalue weighted by Gasteiger charge is 2.28. The van der Waals surface area contributed by atoms with Crippen LogP contribution in [0.2, 0.25) is 0 Å². The Morgan fingerprint density at radius 1 is 1.07 bits per heavy atom. The third-order valence-electron chi connectivity index (χ3n) is 5.52. The summed E-state index contributed by atoms with van der Waals surface area (Å²) in [5.41, 5.74) is 2.96. The zero-order valence-corrected chi connectivity index (χ0v) is 15.9.